The first kappa shape index (κ1) is 12.6. The van der Waals surface area contributed by atoms with E-state index in [0.29, 0.717) is 5.69 Å². The molecule has 0 saturated heterocycles. The Morgan fingerprint density at radius 2 is 1.72 bits per heavy atom. The van der Waals surface area contributed by atoms with Gasteiger partial charge in [0, 0.05) is 11.9 Å². The Labute approximate surface area is 105 Å². The SMILES string of the molecule is CCS(=O)(=O)c1cccn(-c2ccccc2)c1=O. The van der Waals surface area contributed by atoms with Crippen molar-refractivity contribution in [1.82, 2.24) is 4.57 Å². The third-order valence-electron chi connectivity index (χ3n) is 2.66. The molecule has 0 unspecified atom stereocenters. The molecule has 0 N–H and O–H groups in total. The van der Waals surface area contributed by atoms with Crippen LogP contribution in [0, 0.1) is 0 Å². The van der Waals surface area contributed by atoms with Crippen molar-refractivity contribution >= 4 is 9.84 Å². The molecule has 1 heterocycles. The number of nitrogens with zero attached hydrogens (tertiary/aromatic N) is 1. The first-order valence-corrected chi connectivity index (χ1v) is 7.21. The lowest BCUT2D eigenvalue weighted by Gasteiger charge is -2.07. The standard InChI is InChI=1S/C13H13NO3S/c1-2-18(16,17)12-9-6-10-14(13(12)15)11-7-4-3-5-8-11/h3-10H,2H2,1H3. The van der Waals surface area contributed by atoms with Crippen LogP contribution >= 0.6 is 0 Å². The van der Waals surface area contributed by atoms with Crippen LogP contribution in [0.2, 0.25) is 0 Å². The summed E-state index contributed by atoms with van der Waals surface area (Å²) in [5.74, 6) is -0.0823. The summed E-state index contributed by atoms with van der Waals surface area (Å²) in [5.41, 5.74) is 0.140. The van der Waals surface area contributed by atoms with Crippen LogP contribution in [0.5, 0.6) is 0 Å². The summed E-state index contributed by atoms with van der Waals surface area (Å²) in [7, 11) is -3.49. The van der Waals surface area contributed by atoms with Gasteiger partial charge < -0.3 is 0 Å². The molecule has 18 heavy (non-hydrogen) atoms. The number of pyridine rings is 1. The van der Waals surface area contributed by atoms with Crippen molar-refractivity contribution in [2.45, 2.75) is 11.8 Å². The second-order valence-corrected chi connectivity index (χ2v) is 6.03. The van der Waals surface area contributed by atoms with Crippen LogP contribution in [0.4, 0.5) is 0 Å². The van der Waals surface area contributed by atoms with Gasteiger partial charge in [-0.2, -0.15) is 0 Å². The Kier molecular flexibility index (Phi) is 3.34. The third-order valence-corrected chi connectivity index (χ3v) is 4.40. The zero-order valence-electron chi connectivity index (χ0n) is 9.91. The van der Waals surface area contributed by atoms with E-state index in [4.69, 9.17) is 0 Å². The van der Waals surface area contributed by atoms with Gasteiger partial charge >= 0.3 is 0 Å². The molecule has 4 nitrogen and oxygen atoms in total. The van der Waals surface area contributed by atoms with Gasteiger partial charge in [-0.1, -0.05) is 25.1 Å². The Balaban J connectivity index is 2.68. The van der Waals surface area contributed by atoms with Gasteiger partial charge in [-0.25, -0.2) is 8.42 Å². The molecular formula is C13H13NO3S. The average Bonchev–Trinajstić information content (AvgIpc) is 2.40. The maximum atomic E-state index is 12.2. The Morgan fingerprint density at radius 1 is 1.06 bits per heavy atom. The van der Waals surface area contributed by atoms with Crippen molar-refractivity contribution in [3.8, 4) is 5.69 Å². The Hall–Kier alpha value is -1.88. The van der Waals surface area contributed by atoms with E-state index in [1.165, 1.54) is 17.6 Å². The highest BCUT2D eigenvalue weighted by atomic mass is 32.2. The van der Waals surface area contributed by atoms with Crippen LogP contribution in [0.1, 0.15) is 6.92 Å². The van der Waals surface area contributed by atoms with Crippen LogP contribution < -0.4 is 5.56 Å². The molecule has 0 aliphatic rings. The normalized spacial score (nSPS) is 11.4. The van der Waals surface area contributed by atoms with Crippen LogP contribution in [0.3, 0.4) is 0 Å². The number of sulfone groups is 1. The number of hydrogen-bond donors (Lipinski definition) is 0. The third kappa shape index (κ3) is 2.22. The highest BCUT2D eigenvalue weighted by Gasteiger charge is 2.17. The molecule has 94 valence electrons. The highest BCUT2D eigenvalue weighted by Crippen LogP contribution is 2.08. The Morgan fingerprint density at radius 3 is 2.33 bits per heavy atom. The highest BCUT2D eigenvalue weighted by molar-refractivity contribution is 7.91. The molecule has 1 aromatic carbocycles. The molecule has 0 spiro atoms. The van der Waals surface area contributed by atoms with Crippen LogP contribution in [-0.2, 0) is 9.84 Å². The summed E-state index contributed by atoms with van der Waals surface area (Å²) in [5, 5.41) is 0. The maximum Gasteiger partial charge on any atom is 0.273 e. The summed E-state index contributed by atoms with van der Waals surface area (Å²) in [4.78, 5) is 12.0. The lowest BCUT2D eigenvalue weighted by molar-refractivity contribution is 0.595. The molecule has 0 fully saturated rings. The van der Waals surface area contributed by atoms with E-state index in [2.05, 4.69) is 0 Å². The molecule has 0 bridgehead atoms. The quantitative estimate of drug-likeness (QED) is 0.845. The second kappa shape index (κ2) is 4.78. The molecule has 0 aliphatic heterocycles. The van der Waals surface area contributed by atoms with E-state index in [9.17, 15) is 13.2 Å². The minimum atomic E-state index is -3.49. The number of hydrogen-bond acceptors (Lipinski definition) is 3. The molecule has 0 saturated carbocycles. The average molecular weight is 263 g/mol. The van der Waals surface area contributed by atoms with Crippen molar-refractivity contribution in [2.75, 3.05) is 5.75 Å². The molecule has 0 aliphatic carbocycles. The molecular weight excluding hydrogens is 250 g/mol. The van der Waals surface area contributed by atoms with Crippen molar-refractivity contribution in [3.63, 3.8) is 0 Å². The molecule has 2 aromatic rings. The minimum Gasteiger partial charge on any atom is -0.283 e. The fourth-order valence-corrected chi connectivity index (χ4v) is 2.62. The molecule has 0 atom stereocenters. The summed E-state index contributed by atoms with van der Waals surface area (Å²) < 4.78 is 24.9. The van der Waals surface area contributed by atoms with Crippen LogP contribution in [0.15, 0.2) is 58.4 Å². The van der Waals surface area contributed by atoms with E-state index < -0.39 is 15.4 Å². The fraction of sp³-hybridized carbons (Fsp3) is 0.154. The van der Waals surface area contributed by atoms with Gasteiger partial charge in [0.2, 0.25) is 0 Å². The van der Waals surface area contributed by atoms with E-state index >= 15 is 0 Å². The van der Waals surface area contributed by atoms with E-state index in [1.807, 2.05) is 6.07 Å². The summed E-state index contributed by atoms with van der Waals surface area (Å²) in [6.45, 7) is 1.52. The first-order valence-electron chi connectivity index (χ1n) is 5.56. The van der Waals surface area contributed by atoms with Gasteiger partial charge in [0.05, 0.1) is 5.75 Å². The van der Waals surface area contributed by atoms with Crippen molar-refractivity contribution in [3.05, 3.63) is 59.0 Å². The van der Waals surface area contributed by atoms with Crippen molar-refractivity contribution < 1.29 is 8.42 Å². The summed E-state index contributed by atoms with van der Waals surface area (Å²) in [6.07, 6.45) is 1.56. The zero-order valence-corrected chi connectivity index (χ0v) is 10.7. The largest absolute Gasteiger partial charge is 0.283 e. The monoisotopic (exact) mass is 263 g/mol. The number of rotatable bonds is 3. The number of benzene rings is 1. The first-order chi connectivity index (χ1) is 8.56. The van der Waals surface area contributed by atoms with Gasteiger partial charge in [-0.3, -0.25) is 9.36 Å². The smallest absolute Gasteiger partial charge is 0.273 e. The zero-order chi connectivity index (χ0) is 13.2. The Bertz CT molecular complexity index is 703. The van der Waals surface area contributed by atoms with Crippen molar-refractivity contribution in [1.29, 1.82) is 0 Å². The van der Waals surface area contributed by atoms with Gasteiger partial charge in [-0.05, 0) is 24.3 Å². The summed E-state index contributed by atoms with van der Waals surface area (Å²) in [6, 6.07) is 11.8. The van der Waals surface area contributed by atoms with E-state index in [-0.39, 0.29) is 10.6 Å². The van der Waals surface area contributed by atoms with E-state index in [1.54, 1.807) is 36.5 Å². The predicted molar refractivity (Wildman–Crippen MR) is 69.8 cm³/mol. The van der Waals surface area contributed by atoms with Crippen LogP contribution in [-0.4, -0.2) is 18.7 Å². The number of para-hydroxylation sites is 1. The lowest BCUT2D eigenvalue weighted by Crippen LogP contribution is -2.24. The van der Waals surface area contributed by atoms with Gasteiger partial charge in [0.15, 0.2) is 9.84 Å². The molecule has 5 heteroatoms. The maximum absolute atomic E-state index is 12.2. The molecule has 0 amide bonds. The lowest BCUT2D eigenvalue weighted by atomic mass is 10.3. The van der Waals surface area contributed by atoms with Crippen molar-refractivity contribution in [2.24, 2.45) is 0 Å². The number of aromatic nitrogens is 1. The predicted octanol–water partition coefficient (Wildman–Crippen LogP) is 1.63. The van der Waals surface area contributed by atoms with Gasteiger partial charge in [0.1, 0.15) is 4.90 Å². The van der Waals surface area contributed by atoms with Gasteiger partial charge in [-0.15, -0.1) is 0 Å². The van der Waals surface area contributed by atoms with Crippen LogP contribution in [0.25, 0.3) is 5.69 Å². The molecule has 1 aromatic heterocycles. The summed E-state index contributed by atoms with van der Waals surface area (Å²) >= 11 is 0. The molecule has 0 radical (unpaired) electrons. The van der Waals surface area contributed by atoms with Gasteiger partial charge in [0.25, 0.3) is 5.56 Å². The fourth-order valence-electron chi connectivity index (χ4n) is 1.66. The second-order valence-electron chi connectivity index (χ2n) is 3.79. The topological polar surface area (TPSA) is 56.1 Å². The van der Waals surface area contributed by atoms with E-state index in [0.717, 1.165) is 0 Å². The minimum absolute atomic E-state index is 0.0823. The molecule has 2 rings (SSSR count).